The molecule has 0 spiro atoms. The Morgan fingerprint density at radius 3 is 2.46 bits per heavy atom. The lowest BCUT2D eigenvalue weighted by Crippen LogP contribution is -2.13. The molecule has 1 N–H and O–H groups in total. The Morgan fingerprint density at radius 2 is 1.92 bits per heavy atom. The number of aromatic nitrogens is 2. The Morgan fingerprint density at radius 1 is 1.21 bits per heavy atom. The van der Waals surface area contributed by atoms with Crippen LogP contribution in [-0.4, -0.2) is 18.0 Å². The third kappa shape index (κ3) is 3.66. The van der Waals surface area contributed by atoms with E-state index in [1.807, 2.05) is 43.8 Å². The number of anilines is 1. The van der Waals surface area contributed by atoms with Gasteiger partial charge in [-0.05, 0) is 44.2 Å². The summed E-state index contributed by atoms with van der Waals surface area (Å²) in [5.74, 6) is 0. The Kier molecular flexibility index (Phi) is 4.71. The number of imidazole rings is 1. The fraction of sp³-hybridized carbons (Fsp3) is 0.188. The zero-order chi connectivity index (χ0) is 17.3. The lowest BCUT2D eigenvalue weighted by molar-refractivity contribution is 0.601. The number of nitrogens with zero attached hydrogens (tertiary/aromatic N) is 2. The van der Waals surface area contributed by atoms with E-state index in [1.54, 1.807) is 24.4 Å². The molecule has 0 aliphatic carbocycles. The number of sulfonamides is 1. The van der Waals surface area contributed by atoms with Crippen molar-refractivity contribution in [1.29, 1.82) is 0 Å². The maximum absolute atomic E-state index is 12.5. The number of benzene rings is 1. The standard InChI is InChI=1S/C16H17N3O2S3/c1-11-10-15(12(2)22-11)24(20,21)18-13-4-6-14(7-5-13)23-16-17-8-9-19(16)3/h4-10,18H,1-3H3. The summed E-state index contributed by atoms with van der Waals surface area (Å²) in [6.45, 7) is 3.72. The highest BCUT2D eigenvalue weighted by Gasteiger charge is 2.19. The normalized spacial score (nSPS) is 11.6. The molecule has 0 aliphatic rings. The fourth-order valence-electron chi connectivity index (χ4n) is 2.23. The summed E-state index contributed by atoms with van der Waals surface area (Å²) < 4.78 is 29.6. The molecule has 0 unspecified atom stereocenters. The number of hydrogen-bond donors (Lipinski definition) is 1. The van der Waals surface area contributed by atoms with Crippen LogP contribution in [-0.2, 0) is 17.1 Å². The van der Waals surface area contributed by atoms with Crippen molar-refractivity contribution in [3.63, 3.8) is 0 Å². The van der Waals surface area contributed by atoms with Crippen molar-refractivity contribution in [1.82, 2.24) is 9.55 Å². The first kappa shape index (κ1) is 17.1. The molecule has 1 aromatic carbocycles. The maximum atomic E-state index is 12.5. The molecule has 2 heterocycles. The molecule has 0 bridgehead atoms. The zero-order valence-electron chi connectivity index (χ0n) is 13.5. The van der Waals surface area contributed by atoms with Crippen LogP contribution in [0.25, 0.3) is 0 Å². The average molecular weight is 380 g/mol. The molecule has 0 atom stereocenters. The van der Waals surface area contributed by atoms with Gasteiger partial charge in [0.05, 0.1) is 0 Å². The van der Waals surface area contributed by atoms with Crippen LogP contribution in [0.5, 0.6) is 0 Å². The number of rotatable bonds is 5. The van der Waals surface area contributed by atoms with Crippen molar-refractivity contribution in [3.05, 3.63) is 52.5 Å². The van der Waals surface area contributed by atoms with Crippen molar-refractivity contribution in [2.75, 3.05) is 4.72 Å². The molecule has 0 amide bonds. The summed E-state index contributed by atoms with van der Waals surface area (Å²) in [7, 11) is -1.62. The van der Waals surface area contributed by atoms with E-state index in [0.29, 0.717) is 10.6 Å². The minimum atomic E-state index is -3.56. The van der Waals surface area contributed by atoms with Crippen LogP contribution in [0.4, 0.5) is 5.69 Å². The molecule has 0 saturated heterocycles. The minimum Gasteiger partial charge on any atom is -0.329 e. The summed E-state index contributed by atoms with van der Waals surface area (Å²) in [6, 6.07) is 8.98. The first-order chi connectivity index (χ1) is 11.3. The summed E-state index contributed by atoms with van der Waals surface area (Å²) in [5, 5.41) is 0.882. The molecule has 126 valence electrons. The third-order valence-corrected chi connectivity index (χ3v) is 7.06. The van der Waals surface area contributed by atoms with Gasteiger partial charge in [-0.1, -0.05) is 11.8 Å². The Hall–Kier alpha value is -1.77. The second-order valence-electron chi connectivity index (χ2n) is 5.33. The Balaban J connectivity index is 1.76. The Bertz CT molecular complexity index is 957. The smallest absolute Gasteiger partial charge is 0.262 e. The maximum Gasteiger partial charge on any atom is 0.262 e. The average Bonchev–Trinajstić information content (AvgIpc) is 3.07. The van der Waals surface area contributed by atoms with Crippen LogP contribution >= 0.6 is 23.1 Å². The van der Waals surface area contributed by atoms with E-state index < -0.39 is 10.0 Å². The van der Waals surface area contributed by atoms with Crippen molar-refractivity contribution < 1.29 is 8.42 Å². The van der Waals surface area contributed by atoms with Gasteiger partial charge in [-0.2, -0.15) is 0 Å². The van der Waals surface area contributed by atoms with Crippen molar-refractivity contribution in [2.24, 2.45) is 7.05 Å². The van der Waals surface area contributed by atoms with E-state index >= 15 is 0 Å². The molecule has 0 radical (unpaired) electrons. The van der Waals surface area contributed by atoms with Gasteiger partial charge in [-0.15, -0.1) is 11.3 Å². The van der Waals surface area contributed by atoms with Crippen molar-refractivity contribution >= 4 is 38.8 Å². The molecule has 3 aromatic rings. The summed E-state index contributed by atoms with van der Waals surface area (Å²) in [5.41, 5.74) is 0.544. The summed E-state index contributed by atoms with van der Waals surface area (Å²) in [6.07, 6.45) is 3.63. The number of thiophene rings is 1. The molecule has 24 heavy (non-hydrogen) atoms. The van der Waals surface area contributed by atoms with E-state index in [1.165, 1.54) is 23.1 Å². The predicted molar refractivity (Wildman–Crippen MR) is 98.4 cm³/mol. The first-order valence-electron chi connectivity index (χ1n) is 7.20. The molecule has 3 rings (SSSR count). The molecule has 0 saturated carbocycles. The molecular weight excluding hydrogens is 362 g/mol. The predicted octanol–water partition coefficient (Wildman–Crippen LogP) is 4.05. The van der Waals surface area contributed by atoms with E-state index in [2.05, 4.69) is 9.71 Å². The number of aryl methyl sites for hydroxylation is 3. The van der Waals surface area contributed by atoms with Gasteiger partial charge in [0.25, 0.3) is 10.0 Å². The molecular formula is C16H17N3O2S3. The van der Waals surface area contributed by atoms with Crippen LogP contribution in [0.2, 0.25) is 0 Å². The van der Waals surface area contributed by atoms with Gasteiger partial charge in [0.1, 0.15) is 4.90 Å². The second-order valence-corrected chi connectivity index (χ2v) is 9.48. The Labute approximate surface area is 149 Å². The van der Waals surface area contributed by atoms with Gasteiger partial charge in [-0.25, -0.2) is 13.4 Å². The third-order valence-electron chi connectivity index (χ3n) is 3.38. The topological polar surface area (TPSA) is 64.0 Å². The molecule has 5 nitrogen and oxygen atoms in total. The quantitative estimate of drug-likeness (QED) is 0.726. The second kappa shape index (κ2) is 6.62. The fourth-order valence-corrected chi connectivity index (χ4v) is 5.65. The SMILES string of the molecule is Cc1cc(S(=O)(=O)Nc2ccc(Sc3nccn3C)cc2)c(C)s1. The zero-order valence-corrected chi connectivity index (χ0v) is 15.9. The summed E-state index contributed by atoms with van der Waals surface area (Å²) in [4.78, 5) is 7.37. The lowest BCUT2D eigenvalue weighted by Gasteiger charge is -2.08. The van der Waals surface area contributed by atoms with E-state index in [0.717, 1.165) is 19.8 Å². The van der Waals surface area contributed by atoms with Gasteiger partial charge in [0, 0.05) is 39.8 Å². The van der Waals surface area contributed by atoms with Crippen molar-refractivity contribution in [3.8, 4) is 0 Å². The lowest BCUT2D eigenvalue weighted by atomic mass is 10.3. The van der Waals surface area contributed by atoms with E-state index in [4.69, 9.17) is 0 Å². The molecule has 0 fully saturated rings. The largest absolute Gasteiger partial charge is 0.329 e. The van der Waals surface area contributed by atoms with Gasteiger partial charge >= 0.3 is 0 Å². The first-order valence-corrected chi connectivity index (χ1v) is 10.3. The van der Waals surface area contributed by atoms with Gasteiger partial charge in [0.15, 0.2) is 5.16 Å². The molecule has 0 aliphatic heterocycles. The highest BCUT2D eigenvalue weighted by atomic mass is 32.2. The van der Waals surface area contributed by atoms with Crippen LogP contribution in [0.1, 0.15) is 9.75 Å². The summed E-state index contributed by atoms with van der Waals surface area (Å²) >= 11 is 3.01. The number of nitrogens with one attached hydrogen (secondary N) is 1. The van der Waals surface area contributed by atoms with Gasteiger partial charge < -0.3 is 4.57 Å². The van der Waals surface area contributed by atoms with E-state index in [-0.39, 0.29) is 0 Å². The minimum absolute atomic E-state index is 0.344. The molecule has 8 heteroatoms. The monoisotopic (exact) mass is 379 g/mol. The highest BCUT2D eigenvalue weighted by molar-refractivity contribution is 7.99. The van der Waals surface area contributed by atoms with Crippen molar-refractivity contribution in [2.45, 2.75) is 28.8 Å². The van der Waals surface area contributed by atoms with Crippen LogP contribution in [0.3, 0.4) is 0 Å². The van der Waals surface area contributed by atoms with Crippen LogP contribution < -0.4 is 4.72 Å². The van der Waals surface area contributed by atoms with Gasteiger partial charge in [0.2, 0.25) is 0 Å². The van der Waals surface area contributed by atoms with Crippen LogP contribution in [0, 0.1) is 13.8 Å². The van der Waals surface area contributed by atoms with E-state index in [9.17, 15) is 8.42 Å². The number of hydrogen-bond acceptors (Lipinski definition) is 5. The van der Waals surface area contributed by atoms with Crippen LogP contribution in [0.15, 0.2) is 57.7 Å². The van der Waals surface area contributed by atoms with Gasteiger partial charge in [-0.3, -0.25) is 4.72 Å². The highest BCUT2D eigenvalue weighted by Crippen LogP contribution is 2.29. The molecule has 2 aromatic heterocycles.